The molecule has 3 atom stereocenters. The summed E-state index contributed by atoms with van der Waals surface area (Å²) in [6.07, 6.45) is 3.07. The van der Waals surface area contributed by atoms with Crippen LogP contribution >= 0.6 is 0 Å². The molecule has 2 aliphatic carbocycles. The normalized spacial score (nSPS) is 26.7. The third kappa shape index (κ3) is 1.81. The van der Waals surface area contributed by atoms with E-state index < -0.39 is 0 Å². The summed E-state index contributed by atoms with van der Waals surface area (Å²) >= 11 is 0. The molecule has 1 N–H and O–H groups in total. The van der Waals surface area contributed by atoms with E-state index in [2.05, 4.69) is 39.6 Å². The van der Waals surface area contributed by atoms with Crippen molar-refractivity contribution < 1.29 is 0 Å². The van der Waals surface area contributed by atoms with Gasteiger partial charge in [-0.15, -0.1) is 0 Å². The van der Waals surface area contributed by atoms with Crippen LogP contribution in [0.3, 0.4) is 0 Å². The summed E-state index contributed by atoms with van der Waals surface area (Å²) in [6, 6.07) is 10.8. The van der Waals surface area contributed by atoms with E-state index in [1.807, 2.05) is 19.2 Å². The zero-order valence-corrected chi connectivity index (χ0v) is 11.0. The van der Waals surface area contributed by atoms with Gasteiger partial charge in [-0.05, 0) is 48.3 Å². The summed E-state index contributed by atoms with van der Waals surface area (Å²) in [6.45, 7) is 2.99. The Hall–Kier alpha value is -1.90. The Bertz CT molecular complexity index is 623. The Morgan fingerprint density at radius 2 is 2.16 bits per heavy atom. The highest BCUT2D eigenvalue weighted by molar-refractivity contribution is 5.44. The van der Waals surface area contributed by atoms with Gasteiger partial charge in [-0.3, -0.25) is 0 Å². The van der Waals surface area contributed by atoms with Crippen LogP contribution in [0.4, 0.5) is 5.95 Å². The zero-order chi connectivity index (χ0) is 12.8. The number of aromatic nitrogens is 2. The Morgan fingerprint density at radius 3 is 3.05 bits per heavy atom. The fourth-order valence-corrected chi connectivity index (χ4v) is 3.51. The number of fused-ring (bicyclic) bond motifs is 3. The van der Waals surface area contributed by atoms with Crippen molar-refractivity contribution in [3.8, 4) is 0 Å². The van der Waals surface area contributed by atoms with Gasteiger partial charge in [-0.1, -0.05) is 24.3 Å². The van der Waals surface area contributed by atoms with Crippen LogP contribution in [0.2, 0.25) is 0 Å². The van der Waals surface area contributed by atoms with Crippen LogP contribution in [0.25, 0.3) is 0 Å². The maximum absolute atomic E-state index is 4.39. The van der Waals surface area contributed by atoms with E-state index in [9.17, 15) is 0 Å². The predicted octanol–water partition coefficient (Wildman–Crippen LogP) is 2.78. The highest BCUT2D eigenvalue weighted by Crippen LogP contribution is 2.61. The van der Waals surface area contributed by atoms with Crippen molar-refractivity contribution in [3.63, 3.8) is 0 Å². The first-order chi connectivity index (χ1) is 9.33. The maximum Gasteiger partial charge on any atom is 0.222 e. The molecule has 19 heavy (non-hydrogen) atoms. The Labute approximate surface area is 113 Å². The standard InChI is InChI=1S/C16H17N3/c1-10-6-7-17-16(19-10)18-9-14-13-8-11-4-2-3-5-12(11)15(13)14/h2-7,13-15H,8-9H2,1H3,(H,17,18,19). The molecule has 1 aromatic carbocycles. The average molecular weight is 251 g/mol. The van der Waals surface area contributed by atoms with E-state index in [-0.39, 0.29) is 0 Å². The first kappa shape index (κ1) is 11.0. The van der Waals surface area contributed by atoms with E-state index >= 15 is 0 Å². The first-order valence-corrected chi connectivity index (χ1v) is 6.94. The molecular weight excluding hydrogens is 234 g/mol. The highest BCUT2D eigenvalue weighted by Gasteiger charge is 2.54. The van der Waals surface area contributed by atoms with E-state index in [1.165, 1.54) is 6.42 Å². The van der Waals surface area contributed by atoms with Gasteiger partial charge < -0.3 is 5.32 Å². The number of anilines is 1. The number of aryl methyl sites for hydroxylation is 1. The van der Waals surface area contributed by atoms with Gasteiger partial charge in [-0.2, -0.15) is 0 Å². The van der Waals surface area contributed by atoms with Gasteiger partial charge in [0, 0.05) is 18.4 Å². The number of hydrogen-bond acceptors (Lipinski definition) is 3. The van der Waals surface area contributed by atoms with Gasteiger partial charge in [-0.25, -0.2) is 9.97 Å². The van der Waals surface area contributed by atoms with Gasteiger partial charge in [0.1, 0.15) is 0 Å². The third-order valence-electron chi connectivity index (χ3n) is 4.49. The monoisotopic (exact) mass is 251 g/mol. The van der Waals surface area contributed by atoms with Crippen molar-refractivity contribution in [1.82, 2.24) is 9.97 Å². The summed E-state index contributed by atoms with van der Waals surface area (Å²) in [5, 5.41) is 3.38. The lowest BCUT2D eigenvalue weighted by Crippen LogP contribution is -2.10. The Balaban J connectivity index is 1.43. The SMILES string of the molecule is Cc1ccnc(NCC2C3Cc4ccccc4C23)n1. The summed E-state index contributed by atoms with van der Waals surface area (Å²) in [7, 11) is 0. The van der Waals surface area contributed by atoms with Crippen molar-refractivity contribution >= 4 is 5.95 Å². The smallest absolute Gasteiger partial charge is 0.222 e. The van der Waals surface area contributed by atoms with Gasteiger partial charge in [0.15, 0.2) is 0 Å². The van der Waals surface area contributed by atoms with E-state index in [4.69, 9.17) is 0 Å². The molecule has 0 radical (unpaired) electrons. The summed E-state index contributed by atoms with van der Waals surface area (Å²) in [5.41, 5.74) is 4.14. The van der Waals surface area contributed by atoms with Crippen LogP contribution in [0.5, 0.6) is 0 Å². The maximum atomic E-state index is 4.39. The molecule has 3 nitrogen and oxygen atoms in total. The second kappa shape index (κ2) is 4.05. The molecular formula is C16H17N3. The topological polar surface area (TPSA) is 37.8 Å². The van der Waals surface area contributed by atoms with Gasteiger partial charge >= 0.3 is 0 Å². The number of nitrogens with one attached hydrogen (secondary N) is 1. The largest absolute Gasteiger partial charge is 0.354 e. The second-order valence-corrected chi connectivity index (χ2v) is 5.66. The second-order valence-electron chi connectivity index (χ2n) is 5.66. The molecule has 1 aromatic heterocycles. The molecule has 2 aromatic rings. The lowest BCUT2D eigenvalue weighted by Gasteiger charge is -2.08. The van der Waals surface area contributed by atoms with Gasteiger partial charge in [0.05, 0.1) is 0 Å². The molecule has 1 fully saturated rings. The van der Waals surface area contributed by atoms with Crippen LogP contribution in [-0.4, -0.2) is 16.5 Å². The fraction of sp³-hybridized carbons (Fsp3) is 0.375. The van der Waals surface area contributed by atoms with E-state index in [1.54, 1.807) is 11.1 Å². The molecule has 0 aliphatic heterocycles. The van der Waals surface area contributed by atoms with Crippen LogP contribution in [0, 0.1) is 18.8 Å². The lowest BCUT2D eigenvalue weighted by atomic mass is 10.0. The molecule has 96 valence electrons. The van der Waals surface area contributed by atoms with E-state index in [0.717, 1.165) is 35.9 Å². The summed E-state index contributed by atoms with van der Waals surface area (Å²) in [4.78, 5) is 8.64. The van der Waals surface area contributed by atoms with Crippen LogP contribution < -0.4 is 5.32 Å². The zero-order valence-electron chi connectivity index (χ0n) is 11.0. The fourth-order valence-electron chi connectivity index (χ4n) is 3.51. The summed E-state index contributed by atoms with van der Waals surface area (Å²) < 4.78 is 0. The Kier molecular flexibility index (Phi) is 2.34. The predicted molar refractivity (Wildman–Crippen MR) is 75.1 cm³/mol. The molecule has 0 bridgehead atoms. The Morgan fingerprint density at radius 1 is 1.26 bits per heavy atom. The number of benzene rings is 1. The number of rotatable bonds is 3. The molecule has 1 heterocycles. The van der Waals surface area contributed by atoms with Crippen molar-refractivity contribution in [2.24, 2.45) is 11.8 Å². The minimum absolute atomic E-state index is 0.762. The van der Waals surface area contributed by atoms with Gasteiger partial charge in [0.25, 0.3) is 0 Å². The number of hydrogen-bond donors (Lipinski definition) is 1. The molecule has 0 amide bonds. The van der Waals surface area contributed by atoms with Crippen molar-refractivity contribution in [1.29, 1.82) is 0 Å². The molecule has 4 rings (SSSR count). The van der Waals surface area contributed by atoms with Crippen LogP contribution in [0.1, 0.15) is 22.7 Å². The first-order valence-electron chi connectivity index (χ1n) is 6.94. The van der Waals surface area contributed by atoms with Crippen molar-refractivity contribution in [2.45, 2.75) is 19.3 Å². The average Bonchev–Trinajstić information content (AvgIpc) is 2.96. The molecule has 3 unspecified atom stereocenters. The number of nitrogens with zero attached hydrogens (tertiary/aromatic N) is 2. The van der Waals surface area contributed by atoms with E-state index in [0.29, 0.717) is 0 Å². The quantitative estimate of drug-likeness (QED) is 0.911. The van der Waals surface area contributed by atoms with Gasteiger partial charge in [0.2, 0.25) is 5.95 Å². The highest BCUT2D eigenvalue weighted by atomic mass is 15.1. The van der Waals surface area contributed by atoms with Crippen LogP contribution in [-0.2, 0) is 6.42 Å². The third-order valence-corrected chi connectivity index (χ3v) is 4.49. The molecule has 3 heteroatoms. The molecule has 0 spiro atoms. The van der Waals surface area contributed by atoms with Crippen molar-refractivity contribution in [3.05, 3.63) is 53.3 Å². The lowest BCUT2D eigenvalue weighted by molar-refractivity contribution is 0.716. The molecule has 2 aliphatic rings. The minimum atomic E-state index is 0.762. The van der Waals surface area contributed by atoms with Crippen LogP contribution in [0.15, 0.2) is 36.5 Å². The van der Waals surface area contributed by atoms with Crippen molar-refractivity contribution in [2.75, 3.05) is 11.9 Å². The minimum Gasteiger partial charge on any atom is -0.354 e. The molecule has 0 saturated heterocycles. The summed E-state index contributed by atoms with van der Waals surface area (Å²) in [5.74, 6) is 3.14. The molecule has 1 saturated carbocycles.